The molecule has 0 unspecified atom stereocenters. The molecule has 1 aromatic carbocycles. The smallest absolute Gasteiger partial charge is 0.225 e. The fraction of sp³-hybridized carbons (Fsp3) is 0.500. The van der Waals surface area contributed by atoms with Gasteiger partial charge in [0.25, 0.3) is 0 Å². The first-order chi connectivity index (χ1) is 12.3. The number of nitrogens with one attached hydrogen (secondary N) is 3. The van der Waals surface area contributed by atoms with Gasteiger partial charge in [0.15, 0.2) is 5.96 Å². The van der Waals surface area contributed by atoms with Crippen LogP contribution in [0.2, 0.25) is 0 Å². The van der Waals surface area contributed by atoms with Gasteiger partial charge in [0.05, 0.1) is 0 Å². The highest BCUT2D eigenvalue weighted by atomic mass is 127. The van der Waals surface area contributed by atoms with Crippen LogP contribution in [0.5, 0.6) is 0 Å². The Labute approximate surface area is 178 Å². The highest BCUT2D eigenvalue weighted by molar-refractivity contribution is 14.0. The highest BCUT2D eigenvalue weighted by Crippen LogP contribution is 2.25. The zero-order chi connectivity index (χ0) is 19.2. The average molecular weight is 486 g/mol. The van der Waals surface area contributed by atoms with Crippen LogP contribution in [0.25, 0.3) is 11.0 Å². The molecule has 0 saturated heterocycles. The van der Waals surface area contributed by atoms with Crippen LogP contribution in [0.4, 0.5) is 0 Å². The summed E-state index contributed by atoms with van der Waals surface area (Å²) in [5, 5.41) is 10.5. The van der Waals surface area contributed by atoms with Gasteiger partial charge < -0.3 is 20.4 Å². The Morgan fingerprint density at radius 2 is 1.78 bits per heavy atom. The maximum Gasteiger partial charge on any atom is 0.225 e. The van der Waals surface area contributed by atoms with E-state index >= 15 is 0 Å². The lowest BCUT2D eigenvalue weighted by molar-refractivity contribution is -0.128. The summed E-state index contributed by atoms with van der Waals surface area (Å²) in [6.07, 6.45) is 0. The first kappa shape index (κ1) is 23.3. The number of hydrogen-bond acceptors (Lipinski definition) is 3. The molecule has 0 bridgehead atoms. The van der Waals surface area contributed by atoms with Crippen LogP contribution in [0.15, 0.2) is 33.7 Å². The van der Waals surface area contributed by atoms with Gasteiger partial charge in [-0.3, -0.25) is 4.79 Å². The number of nitrogens with zero attached hydrogens (tertiary/aromatic N) is 1. The van der Waals surface area contributed by atoms with Crippen LogP contribution in [-0.2, 0) is 11.3 Å². The van der Waals surface area contributed by atoms with E-state index in [1.807, 2.05) is 45.9 Å². The van der Waals surface area contributed by atoms with Crippen molar-refractivity contribution >= 4 is 46.8 Å². The summed E-state index contributed by atoms with van der Waals surface area (Å²) in [6, 6.07) is 8.00. The molecule has 7 heteroatoms. The molecule has 0 aliphatic rings. The average Bonchev–Trinajstić information content (AvgIpc) is 2.91. The Morgan fingerprint density at radius 3 is 2.41 bits per heavy atom. The first-order valence-electron chi connectivity index (χ1n) is 9.10. The largest absolute Gasteiger partial charge is 0.459 e. The molecule has 1 heterocycles. The lowest BCUT2D eigenvalue weighted by Crippen LogP contribution is -2.43. The normalized spacial score (nSPS) is 11.8. The van der Waals surface area contributed by atoms with Crippen LogP contribution in [0.3, 0.4) is 0 Å². The molecule has 0 atom stereocenters. The van der Waals surface area contributed by atoms with E-state index in [0.29, 0.717) is 25.6 Å². The summed E-state index contributed by atoms with van der Waals surface area (Å²) >= 11 is 0. The second kappa shape index (κ2) is 10.5. The van der Waals surface area contributed by atoms with E-state index in [2.05, 4.69) is 33.9 Å². The van der Waals surface area contributed by atoms with Gasteiger partial charge >= 0.3 is 0 Å². The zero-order valence-electron chi connectivity index (χ0n) is 16.8. The van der Waals surface area contributed by atoms with Crippen LogP contribution >= 0.6 is 24.0 Å². The number of hydrogen-bond donors (Lipinski definition) is 3. The molecule has 3 N–H and O–H groups in total. The topological polar surface area (TPSA) is 78.7 Å². The summed E-state index contributed by atoms with van der Waals surface area (Å²) in [4.78, 5) is 16.5. The molecule has 0 aliphatic heterocycles. The molecule has 1 amide bonds. The number of carbonyl (C=O) groups is 1. The monoisotopic (exact) mass is 486 g/mol. The van der Waals surface area contributed by atoms with Crippen molar-refractivity contribution in [1.29, 1.82) is 0 Å². The first-order valence-corrected chi connectivity index (χ1v) is 9.10. The molecule has 150 valence electrons. The summed E-state index contributed by atoms with van der Waals surface area (Å²) in [6.45, 7) is 12.1. The minimum Gasteiger partial charge on any atom is -0.459 e. The molecule has 2 rings (SSSR count). The Bertz CT molecular complexity index is 778. The number of benzene rings is 1. The number of guanidine groups is 1. The van der Waals surface area contributed by atoms with Gasteiger partial charge in [0.1, 0.15) is 17.9 Å². The van der Waals surface area contributed by atoms with Crippen LogP contribution in [0.1, 0.15) is 39.0 Å². The van der Waals surface area contributed by atoms with Gasteiger partial charge in [-0.2, -0.15) is 0 Å². The van der Waals surface area contributed by atoms with E-state index in [1.54, 1.807) is 0 Å². The third-order valence-electron chi connectivity index (χ3n) is 4.05. The Morgan fingerprint density at radius 1 is 1.11 bits per heavy atom. The summed E-state index contributed by atoms with van der Waals surface area (Å²) in [7, 11) is 0. The van der Waals surface area contributed by atoms with Crippen molar-refractivity contribution in [2.45, 2.75) is 41.2 Å². The molecule has 0 fully saturated rings. The second-order valence-corrected chi connectivity index (χ2v) is 7.27. The summed E-state index contributed by atoms with van der Waals surface area (Å²) < 4.78 is 5.90. The van der Waals surface area contributed by atoms with Crippen molar-refractivity contribution in [2.75, 3.05) is 19.6 Å². The number of aryl methyl sites for hydroxylation is 1. The number of para-hydroxylation sites is 1. The van der Waals surface area contributed by atoms with E-state index in [0.717, 1.165) is 28.8 Å². The number of amides is 1. The molecule has 2 aromatic rings. The van der Waals surface area contributed by atoms with Crippen molar-refractivity contribution in [3.63, 3.8) is 0 Å². The third kappa shape index (κ3) is 6.71. The Kier molecular flexibility index (Phi) is 9.08. The number of fused-ring (bicyclic) bond motifs is 1. The number of rotatable bonds is 6. The van der Waals surface area contributed by atoms with Gasteiger partial charge in [0, 0.05) is 36.0 Å². The van der Waals surface area contributed by atoms with E-state index in [1.165, 1.54) is 0 Å². The molecule has 1 aromatic heterocycles. The van der Waals surface area contributed by atoms with Crippen LogP contribution < -0.4 is 16.0 Å². The number of aliphatic imine (C=N–C) groups is 1. The zero-order valence-corrected chi connectivity index (χ0v) is 19.1. The quantitative estimate of drug-likeness (QED) is 0.253. The minimum absolute atomic E-state index is 0. The van der Waals surface area contributed by atoms with Gasteiger partial charge in [-0.05, 0) is 19.9 Å². The maximum absolute atomic E-state index is 11.9. The fourth-order valence-corrected chi connectivity index (χ4v) is 2.49. The Balaban J connectivity index is 0.00000364. The molecule has 0 radical (unpaired) electrons. The van der Waals surface area contributed by atoms with Crippen molar-refractivity contribution in [2.24, 2.45) is 10.4 Å². The number of carbonyl (C=O) groups excluding carboxylic acids is 1. The molecule has 6 nitrogen and oxygen atoms in total. The van der Waals surface area contributed by atoms with Gasteiger partial charge in [-0.15, -0.1) is 24.0 Å². The van der Waals surface area contributed by atoms with Gasteiger partial charge in [-0.1, -0.05) is 39.0 Å². The summed E-state index contributed by atoms with van der Waals surface area (Å²) in [5.41, 5.74) is 1.63. The minimum atomic E-state index is -0.378. The second-order valence-electron chi connectivity index (χ2n) is 7.27. The molecule has 0 saturated carbocycles. The highest BCUT2D eigenvalue weighted by Gasteiger charge is 2.20. The molecular weight excluding hydrogens is 455 g/mol. The van der Waals surface area contributed by atoms with Crippen molar-refractivity contribution in [1.82, 2.24) is 16.0 Å². The van der Waals surface area contributed by atoms with E-state index in [9.17, 15) is 4.79 Å². The molecular formula is C20H31IN4O2. The van der Waals surface area contributed by atoms with Crippen molar-refractivity contribution in [3.05, 3.63) is 35.6 Å². The fourth-order valence-electron chi connectivity index (χ4n) is 2.49. The van der Waals surface area contributed by atoms with Gasteiger partial charge in [-0.25, -0.2) is 4.99 Å². The Hall–Kier alpha value is -1.77. The lowest BCUT2D eigenvalue weighted by atomic mass is 9.96. The predicted octanol–water partition coefficient (Wildman–Crippen LogP) is 3.58. The van der Waals surface area contributed by atoms with E-state index in [-0.39, 0.29) is 35.3 Å². The predicted molar refractivity (Wildman–Crippen MR) is 122 cm³/mol. The number of halogens is 1. The van der Waals surface area contributed by atoms with Crippen molar-refractivity contribution < 1.29 is 9.21 Å². The van der Waals surface area contributed by atoms with Crippen molar-refractivity contribution in [3.8, 4) is 0 Å². The third-order valence-corrected chi connectivity index (χ3v) is 4.05. The SMILES string of the molecule is CCNC(=NCc1oc2ccccc2c1C)NCCNC(=O)C(C)(C)C.I. The molecule has 27 heavy (non-hydrogen) atoms. The van der Waals surface area contributed by atoms with E-state index < -0.39 is 0 Å². The van der Waals surface area contributed by atoms with Gasteiger partial charge in [0.2, 0.25) is 5.91 Å². The summed E-state index contributed by atoms with van der Waals surface area (Å²) in [5.74, 6) is 1.61. The maximum atomic E-state index is 11.9. The molecule has 0 spiro atoms. The number of furan rings is 1. The van der Waals surface area contributed by atoms with E-state index in [4.69, 9.17) is 4.42 Å². The standard InChI is InChI=1S/C20H30N4O2.HI/c1-6-21-19(23-12-11-22-18(25)20(3,4)5)24-13-17-14(2)15-9-7-8-10-16(15)26-17;/h7-10H,6,11-13H2,1-5H3,(H,22,25)(H2,21,23,24);1H. The molecule has 0 aliphatic carbocycles. The van der Waals surface area contributed by atoms with Crippen LogP contribution in [0, 0.1) is 12.3 Å². The lowest BCUT2D eigenvalue weighted by Gasteiger charge is -2.18. The van der Waals surface area contributed by atoms with Crippen LogP contribution in [-0.4, -0.2) is 31.5 Å².